The molecule has 2 bridgehead atoms. The van der Waals surface area contributed by atoms with E-state index < -0.39 is 34.5 Å². The van der Waals surface area contributed by atoms with Gasteiger partial charge in [0.1, 0.15) is 18.6 Å². The number of benzene rings is 1. The van der Waals surface area contributed by atoms with Crippen LogP contribution in [0.3, 0.4) is 0 Å². The Balaban J connectivity index is 1.43. The van der Waals surface area contributed by atoms with Crippen LogP contribution in [0.15, 0.2) is 18.2 Å². The number of hydrogen-bond acceptors (Lipinski definition) is 3. The third-order valence-corrected chi connectivity index (χ3v) is 7.46. The van der Waals surface area contributed by atoms with E-state index in [1.54, 1.807) is 6.92 Å². The zero-order valence-electron chi connectivity index (χ0n) is 19.6. The van der Waals surface area contributed by atoms with Gasteiger partial charge in [-0.3, -0.25) is 9.59 Å². The maximum Gasteiger partial charge on any atom is 0.416 e. The van der Waals surface area contributed by atoms with Crippen LogP contribution in [0.1, 0.15) is 57.1 Å². The summed E-state index contributed by atoms with van der Waals surface area (Å²) in [5.41, 5.74) is -1.77. The second kappa shape index (κ2) is 11.0. The fraction of sp³-hybridized carbons (Fsp3) is 0.667. The number of halogens is 6. The van der Waals surface area contributed by atoms with E-state index in [2.05, 4.69) is 10.6 Å². The number of nitrogens with one attached hydrogen (secondary N) is 2. The van der Waals surface area contributed by atoms with Gasteiger partial charge < -0.3 is 15.4 Å². The van der Waals surface area contributed by atoms with Crippen molar-refractivity contribution >= 4 is 23.4 Å². The molecule has 3 unspecified atom stereocenters. The smallest absolute Gasteiger partial charge is 0.369 e. The molecule has 0 aromatic heterocycles. The number of amides is 2. The summed E-state index contributed by atoms with van der Waals surface area (Å²) in [6.07, 6.45) is -3.58. The molecule has 0 spiro atoms. The Bertz CT molecular complexity index is 921. The molecule has 3 saturated carbocycles. The van der Waals surface area contributed by atoms with Gasteiger partial charge in [0, 0.05) is 12.6 Å². The molecule has 2 amide bonds. The first kappa shape index (κ1) is 27.6. The largest absolute Gasteiger partial charge is 0.416 e. The molecule has 11 heteroatoms. The minimum Gasteiger partial charge on any atom is -0.369 e. The lowest BCUT2D eigenvalue weighted by atomic mass is 9.69. The monoisotopic (exact) mass is 524 g/mol. The molecule has 3 fully saturated rings. The summed E-state index contributed by atoms with van der Waals surface area (Å²) in [7, 11) is 0. The van der Waals surface area contributed by atoms with Crippen LogP contribution < -0.4 is 10.6 Å². The standard InChI is InChI=1S/C24H30ClF5N2O3/c1-13(3-4-19(25)14(2)26)35-12-21(33)32-20-10-23(8-16(20)9-23)22(34)31-11-15-5-17(24(28,29)30)7-18(27)6-15/h5-7,13-14,16,19-20H,3-4,8-12H2,1-2H3,(H,31,34)(H,32,33)/t13?,14?,16?,19?,20-,23?/m0/s1. The van der Waals surface area contributed by atoms with Gasteiger partial charge in [-0.25, -0.2) is 8.78 Å². The molecule has 3 aliphatic rings. The molecule has 3 aliphatic carbocycles. The normalized spacial score (nSPS) is 25.9. The molecule has 0 saturated heterocycles. The van der Waals surface area contributed by atoms with Crippen molar-refractivity contribution in [1.82, 2.24) is 10.6 Å². The summed E-state index contributed by atoms with van der Waals surface area (Å²) in [4.78, 5) is 25.1. The highest BCUT2D eigenvalue weighted by molar-refractivity contribution is 6.21. The number of rotatable bonds is 11. The maximum absolute atomic E-state index is 13.6. The van der Waals surface area contributed by atoms with E-state index in [-0.39, 0.29) is 48.6 Å². The molecule has 5 nitrogen and oxygen atoms in total. The highest BCUT2D eigenvalue weighted by Crippen LogP contribution is 2.58. The van der Waals surface area contributed by atoms with E-state index >= 15 is 0 Å². The number of hydrogen-bond donors (Lipinski definition) is 2. The Kier molecular flexibility index (Phi) is 8.68. The van der Waals surface area contributed by atoms with E-state index in [0.717, 1.165) is 12.1 Å². The number of alkyl halides is 5. The average Bonchev–Trinajstić information content (AvgIpc) is 3.28. The fourth-order valence-electron chi connectivity index (χ4n) is 4.89. The Morgan fingerprint density at radius 2 is 1.86 bits per heavy atom. The molecule has 1 aromatic carbocycles. The van der Waals surface area contributed by atoms with Gasteiger partial charge in [0.15, 0.2) is 0 Å². The van der Waals surface area contributed by atoms with Gasteiger partial charge in [0.25, 0.3) is 0 Å². The van der Waals surface area contributed by atoms with E-state index in [9.17, 15) is 31.5 Å². The highest BCUT2D eigenvalue weighted by Gasteiger charge is 2.60. The number of fused-ring (bicyclic) bond motifs is 1. The predicted molar refractivity (Wildman–Crippen MR) is 120 cm³/mol. The van der Waals surface area contributed by atoms with Crippen LogP contribution in [0.2, 0.25) is 0 Å². The average molecular weight is 525 g/mol. The maximum atomic E-state index is 13.6. The first-order valence-corrected chi connectivity index (χ1v) is 12.1. The third kappa shape index (κ3) is 7.06. The minimum absolute atomic E-state index is 0.0218. The molecule has 196 valence electrons. The van der Waals surface area contributed by atoms with Gasteiger partial charge in [0.2, 0.25) is 11.8 Å². The molecule has 4 atom stereocenters. The molecular formula is C24H30ClF5N2O3. The van der Waals surface area contributed by atoms with Crippen LogP contribution in [0, 0.1) is 17.2 Å². The Morgan fingerprint density at radius 1 is 1.17 bits per heavy atom. The van der Waals surface area contributed by atoms with Crippen LogP contribution >= 0.6 is 11.6 Å². The second-order valence-electron chi connectivity index (χ2n) is 9.75. The lowest BCUT2D eigenvalue weighted by molar-refractivity contribution is -0.137. The van der Waals surface area contributed by atoms with Crippen molar-refractivity contribution in [2.45, 2.75) is 82.4 Å². The second-order valence-corrected chi connectivity index (χ2v) is 10.3. The molecule has 0 radical (unpaired) electrons. The molecule has 2 N–H and O–H groups in total. The van der Waals surface area contributed by atoms with Gasteiger partial charge in [-0.1, -0.05) is 0 Å². The topological polar surface area (TPSA) is 67.4 Å². The predicted octanol–water partition coefficient (Wildman–Crippen LogP) is 4.90. The van der Waals surface area contributed by atoms with Crippen molar-refractivity contribution in [2.75, 3.05) is 6.61 Å². The zero-order valence-corrected chi connectivity index (χ0v) is 20.3. The van der Waals surface area contributed by atoms with Crippen LogP contribution in [0.4, 0.5) is 22.0 Å². The minimum atomic E-state index is -4.68. The van der Waals surface area contributed by atoms with Gasteiger partial charge >= 0.3 is 6.18 Å². The van der Waals surface area contributed by atoms with Crippen molar-refractivity contribution in [3.8, 4) is 0 Å². The molecule has 4 rings (SSSR count). The Labute approximate surface area is 206 Å². The lowest BCUT2D eigenvalue weighted by Crippen LogP contribution is -2.44. The van der Waals surface area contributed by atoms with Crippen molar-refractivity contribution in [1.29, 1.82) is 0 Å². The van der Waals surface area contributed by atoms with Crippen LogP contribution in [-0.4, -0.2) is 42.1 Å². The SMILES string of the molecule is CC(CCC(Cl)C(C)F)OCC(=O)N[C@H]1CC2(C(=O)NCc3cc(F)cc(C(F)(F)F)c3)CC1C2. The number of carbonyl (C=O) groups excluding carboxylic acids is 2. The molecule has 0 heterocycles. The van der Waals surface area contributed by atoms with E-state index in [0.29, 0.717) is 38.2 Å². The summed E-state index contributed by atoms with van der Waals surface area (Å²) in [5, 5.41) is 4.91. The first-order valence-electron chi connectivity index (χ1n) is 11.6. The number of ether oxygens (including phenoxy) is 1. The summed E-state index contributed by atoms with van der Waals surface area (Å²) in [6, 6.07) is 1.99. The molecule has 35 heavy (non-hydrogen) atoms. The summed E-state index contributed by atoms with van der Waals surface area (Å²) < 4.78 is 70.9. The molecular weight excluding hydrogens is 495 g/mol. The van der Waals surface area contributed by atoms with Crippen molar-refractivity contribution in [3.63, 3.8) is 0 Å². The van der Waals surface area contributed by atoms with Crippen LogP contribution in [0.5, 0.6) is 0 Å². The highest BCUT2D eigenvalue weighted by atomic mass is 35.5. The van der Waals surface area contributed by atoms with E-state index in [4.69, 9.17) is 16.3 Å². The molecule has 0 aliphatic heterocycles. The van der Waals surface area contributed by atoms with Crippen molar-refractivity contribution in [3.05, 3.63) is 35.1 Å². The van der Waals surface area contributed by atoms with E-state index in [1.165, 1.54) is 6.92 Å². The van der Waals surface area contributed by atoms with Crippen molar-refractivity contribution < 1.29 is 36.3 Å². The van der Waals surface area contributed by atoms with E-state index in [1.807, 2.05) is 0 Å². The summed E-state index contributed by atoms with van der Waals surface area (Å²) >= 11 is 5.88. The zero-order chi connectivity index (χ0) is 26.0. The number of carbonyl (C=O) groups is 2. The van der Waals surface area contributed by atoms with Crippen LogP contribution in [0.25, 0.3) is 0 Å². The summed E-state index contributed by atoms with van der Waals surface area (Å²) in [5.74, 6) is -1.52. The quantitative estimate of drug-likeness (QED) is 0.320. The fourth-order valence-corrected chi connectivity index (χ4v) is 5.02. The third-order valence-electron chi connectivity index (χ3n) is 6.90. The van der Waals surface area contributed by atoms with Gasteiger partial charge in [-0.05, 0) is 75.6 Å². The lowest BCUT2D eigenvalue weighted by Gasteiger charge is -2.36. The van der Waals surface area contributed by atoms with Crippen LogP contribution in [-0.2, 0) is 27.0 Å². The molecule has 1 aromatic rings. The van der Waals surface area contributed by atoms with Gasteiger partial charge in [-0.2, -0.15) is 13.2 Å². The Hall–Kier alpha value is -1.94. The van der Waals surface area contributed by atoms with Crippen molar-refractivity contribution in [2.24, 2.45) is 11.3 Å². The van der Waals surface area contributed by atoms with Gasteiger partial charge in [-0.15, -0.1) is 11.6 Å². The Morgan fingerprint density at radius 3 is 2.49 bits per heavy atom. The first-order chi connectivity index (χ1) is 16.3. The summed E-state index contributed by atoms with van der Waals surface area (Å²) in [6.45, 7) is 2.78. The van der Waals surface area contributed by atoms with Gasteiger partial charge in [0.05, 0.1) is 22.5 Å².